The van der Waals surface area contributed by atoms with Crippen molar-refractivity contribution in [1.82, 2.24) is 5.32 Å². The molecule has 1 aromatic rings. The van der Waals surface area contributed by atoms with Gasteiger partial charge in [-0.05, 0) is 12.5 Å². The number of ether oxygens (including phenoxy) is 1. The van der Waals surface area contributed by atoms with Crippen LogP contribution in [0.5, 0.6) is 0 Å². The molecule has 0 aromatic heterocycles. The van der Waals surface area contributed by atoms with E-state index in [4.69, 9.17) is 4.74 Å². The van der Waals surface area contributed by atoms with Crippen molar-refractivity contribution in [1.29, 1.82) is 0 Å². The molecule has 1 rings (SSSR count). The summed E-state index contributed by atoms with van der Waals surface area (Å²) in [6, 6.07) is 1.41. The summed E-state index contributed by atoms with van der Waals surface area (Å²) in [6.07, 6.45) is 2.53. The Morgan fingerprint density at radius 2 is 1.83 bits per heavy atom. The van der Waals surface area contributed by atoms with Crippen LogP contribution in [0.2, 0.25) is 0 Å². The topological polar surface area (TPSA) is 21.3 Å². The lowest BCUT2D eigenvalue weighted by atomic mass is 10.2. The molecule has 0 aliphatic rings. The molecule has 18 heavy (non-hydrogen) atoms. The van der Waals surface area contributed by atoms with E-state index in [1.165, 1.54) is 0 Å². The van der Waals surface area contributed by atoms with Gasteiger partial charge in [0.2, 0.25) is 0 Å². The first-order valence-electron chi connectivity index (χ1n) is 5.68. The summed E-state index contributed by atoms with van der Waals surface area (Å²) in [5.41, 5.74) is 0.0972. The highest BCUT2D eigenvalue weighted by Gasteiger charge is 2.08. The lowest BCUT2D eigenvalue weighted by Gasteiger charge is -2.07. The Kier molecular flexibility index (Phi) is 6.46. The van der Waals surface area contributed by atoms with E-state index in [2.05, 4.69) is 11.9 Å². The molecule has 0 fully saturated rings. The summed E-state index contributed by atoms with van der Waals surface area (Å²) >= 11 is 0. The van der Waals surface area contributed by atoms with Crippen molar-refractivity contribution in [2.24, 2.45) is 0 Å². The second-order valence-electron chi connectivity index (χ2n) is 3.72. The van der Waals surface area contributed by atoms with Crippen LogP contribution in [-0.2, 0) is 11.3 Å². The molecule has 0 atom stereocenters. The van der Waals surface area contributed by atoms with Gasteiger partial charge in [0.05, 0.1) is 13.2 Å². The molecule has 0 amide bonds. The Bertz CT molecular complexity index is 396. The smallest absolute Gasteiger partial charge is 0.161 e. The van der Waals surface area contributed by atoms with Crippen molar-refractivity contribution >= 4 is 0 Å². The molecule has 0 bridgehead atoms. The molecule has 0 aliphatic heterocycles. The van der Waals surface area contributed by atoms with Crippen LogP contribution < -0.4 is 5.32 Å². The van der Waals surface area contributed by atoms with Crippen LogP contribution in [0.1, 0.15) is 12.0 Å². The van der Waals surface area contributed by atoms with E-state index in [1.54, 1.807) is 6.08 Å². The van der Waals surface area contributed by atoms with Gasteiger partial charge in [-0.3, -0.25) is 0 Å². The van der Waals surface area contributed by atoms with Gasteiger partial charge >= 0.3 is 0 Å². The van der Waals surface area contributed by atoms with Crippen molar-refractivity contribution in [3.05, 3.63) is 47.8 Å². The average Bonchev–Trinajstić information content (AvgIpc) is 2.34. The molecule has 0 aliphatic carbocycles. The molecule has 0 saturated carbocycles. The predicted octanol–water partition coefficient (Wildman–Crippen LogP) is 2.79. The Morgan fingerprint density at radius 3 is 2.56 bits per heavy atom. The second-order valence-corrected chi connectivity index (χ2v) is 3.72. The number of benzene rings is 1. The third-order valence-corrected chi connectivity index (χ3v) is 2.29. The fraction of sp³-hybridized carbons (Fsp3) is 0.385. The molecular weight excluding hydrogens is 243 g/mol. The minimum absolute atomic E-state index is 0.0972. The van der Waals surface area contributed by atoms with Crippen molar-refractivity contribution in [3.8, 4) is 0 Å². The Morgan fingerprint density at radius 1 is 1.11 bits per heavy atom. The molecule has 1 aromatic carbocycles. The third kappa shape index (κ3) is 4.89. The first-order chi connectivity index (χ1) is 8.65. The van der Waals surface area contributed by atoms with E-state index >= 15 is 0 Å². The maximum Gasteiger partial charge on any atom is 0.161 e. The molecule has 0 radical (unpaired) electrons. The Labute approximate surface area is 104 Å². The van der Waals surface area contributed by atoms with E-state index in [-0.39, 0.29) is 12.1 Å². The highest BCUT2D eigenvalue weighted by molar-refractivity contribution is 5.19. The average molecular weight is 259 g/mol. The largest absolute Gasteiger partial charge is 0.380 e. The summed E-state index contributed by atoms with van der Waals surface area (Å²) in [5.74, 6) is -2.98. The standard InChI is InChI=1S/C13H16F3NO/c1-2-3-5-18-6-4-17-9-10-7-12(15)13(16)8-11(10)14/h2,7-8,17H,1,3-6,9H2. The molecule has 0 heterocycles. The van der Waals surface area contributed by atoms with Crippen molar-refractivity contribution in [2.45, 2.75) is 13.0 Å². The van der Waals surface area contributed by atoms with E-state index in [0.717, 1.165) is 12.5 Å². The van der Waals surface area contributed by atoms with Gasteiger partial charge in [-0.25, -0.2) is 13.2 Å². The van der Waals surface area contributed by atoms with Gasteiger partial charge in [0.1, 0.15) is 5.82 Å². The normalized spacial score (nSPS) is 10.6. The first kappa shape index (κ1) is 14.7. The quantitative estimate of drug-likeness (QED) is 0.440. The fourth-order valence-electron chi connectivity index (χ4n) is 1.34. The van der Waals surface area contributed by atoms with Gasteiger partial charge in [0.15, 0.2) is 11.6 Å². The summed E-state index contributed by atoms with van der Waals surface area (Å²) in [4.78, 5) is 0. The molecule has 0 spiro atoms. The van der Waals surface area contributed by atoms with Crippen LogP contribution in [0.4, 0.5) is 13.2 Å². The molecule has 100 valence electrons. The van der Waals surface area contributed by atoms with E-state index < -0.39 is 17.5 Å². The highest BCUT2D eigenvalue weighted by atomic mass is 19.2. The molecular formula is C13H16F3NO. The molecule has 5 heteroatoms. The minimum Gasteiger partial charge on any atom is -0.380 e. The third-order valence-electron chi connectivity index (χ3n) is 2.29. The second kappa shape index (κ2) is 7.89. The number of hydrogen-bond acceptors (Lipinski definition) is 2. The van der Waals surface area contributed by atoms with Crippen LogP contribution in [0.15, 0.2) is 24.8 Å². The van der Waals surface area contributed by atoms with Crippen molar-refractivity contribution in [2.75, 3.05) is 19.8 Å². The zero-order chi connectivity index (χ0) is 13.4. The summed E-state index contributed by atoms with van der Waals surface area (Å²) < 4.78 is 44.0. The molecule has 2 nitrogen and oxygen atoms in total. The Balaban J connectivity index is 2.27. The number of halogens is 3. The van der Waals surface area contributed by atoms with Crippen LogP contribution >= 0.6 is 0 Å². The maximum atomic E-state index is 13.2. The number of nitrogens with one attached hydrogen (secondary N) is 1. The van der Waals surface area contributed by atoms with Gasteiger partial charge in [0.25, 0.3) is 0 Å². The highest BCUT2D eigenvalue weighted by Crippen LogP contribution is 2.13. The van der Waals surface area contributed by atoms with Gasteiger partial charge in [-0.15, -0.1) is 6.58 Å². The van der Waals surface area contributed by atoms with Crippen molar-refractivity contribution < 1.29 is 17.9 Å². The molecule has 0 unspecified atom stereocenters. The lowest BCUT2D eigenvalue weighted by molar-refractivity contribution is 0.140. The molecule has 0 saturated heterocycles. The maximum absolute atomic E-state index is 13.2. The fourth-order valence-corrected chi connectivity index (χ4v) is 1.34. The van der Waals surface area contributed by atoms with Crippen molar-refractivity contribution in [3.63, 3.8) is 0 Å². The van der Waals surface area contributed by atoms with E-state index in [0.29, 0.717) is 25.8 Å². The first-order valence-corrected chi connectivity index (χ1v) is 5.68. The summed E-state index contributed by atoms with van der Waals surface area (Å²) in [5, 5.41) is 2.89. The van der Waals surface area contributed by atoms with Gasteiger partial charge in [-0.1, -0.05) is 6.08 Å². The zero-order valence-electron chi connectivity index (χ0n) is 10.0. The van der Waals surface area contributed by atoms with Crippen LogP contribution in [0, 0.1) is 17.5 Å². The SMILES string of the molecule is C=CCCOCCNCc1cc(F)c(F)cc1F. The van der Waals surface area contributed by atoms with Gasteiger partial charge in [-0.2, -0.15) is 0 Å². The minimum atomic E-state index is -1.18. The van der Waals surface area contributed by atoms with Crippen LogP contribution in [0.3, 0.4) is 0 Å². The van der Waals surface area contributed by atoms with E-state index in [9.17, 15) is 13.2 Å². The van der Waals surface area contributed by atoms with Crippen LogP contribution in [0.25, 0.3) is 0 Å². The summed E-state index contributed by atoms with van der Waals surface area (Å²) in [6.45, 7) is 5.26. The monoisotopic (exact) mass is 259 g/mol. The molecule has 1 N–H and O–H groups in total. The summed E-state index contributed by atoms with van der Waals surface area (Å²) in [7, 11) is 0. The van der Waals surface area contributed by atoms with Crippen LogP contribution in [-0.4, -0.2) is 19.8 Å². The lowest BCUT2D eigenvalue weighted by Crippen LogP contribution is -2.20. The Hall–Kier alpha value is -1.33. The van der Waals surface area contributed by atoms with Gasteiger partial charge in [0, 0.05) is 24.7 Å². The van der Waals surface area contributed by atoms with Gasteiger partial charge < -0.3 is 10.1 Å². The number of hydrogen-bond donors (Lipinski definition) is 1. The number of rotatable bonds is 8. The van der Waals surface area contributed by atoms with E-state index in [1.807, 2.05) is 0 Å². The zero-order valence-corrected chi connectivity index (χ0v) is 10.0. The predicted molar refractivity (Wildman–Crippen MR) is 63.7 cm³/mol.